The van der Waals surface area contributed by atoms with E-state index in [0.29, 0.717) is 31.6 Å². The number of hydrogen-bond acceptors (Lipinski definition) is 3. The van der Waals surface area contributed by atoms with Crippen molar-refractivity contribution in [1.29, 1.82) is 0 Å². The molecule has 2 rings (SSSR count). The van der Waals surface area contributed by atoms with Crippen LogP contribution in [0.4, 0.5) is 8.78 Å². The first kappa shape index (κ1) is 16.8. The highest BCUT2D eigenvalue weighted by molar-refractivity contribution is 5.84. The third-order valence-corrected chi connectivity index (χ3v) is 4.17. The molecule has 0 aromatic heterocycles. The molecule has 122 valence electrons. The molecule has 1 saturated heterocycles. The minimum Gasteiger partial charge on any atom is -0.381 e. The van der Waals surface area contributed by atoms with Crippen molar-refractivity contribution < 1.29 is 23.4 Å². The zero-order valence-electron chi connectivity index (χ0n) is 12.6. The summed E-state index contributed by atoms with van der Waals surface area (Å²) in [7, 11) is 0. The Morgan fingerprint density at radius 3 is 2.73 bits per heavy atom. The fourth-order valence-electron chi connectivity index (χ4n) is 2.66. The highest BCUT2D eigenvalue weighted by Crippen LogP contribution is 2.27. The maximum absolute atomic E-state index is 13.5. The molecule has 1 fully saturated rings. The molecule has 0 bridgehead atoms. The Labute approximate surface area is 128 Å². The van der Waals surface area contributed by atoms with Crippen molar-refractivity contribution in [3.8, 4) is 0 Å². The van der Waals surface area contributed by atoms with Crippen LogP contribution in [0.15, 0.2) is 18.2 Å². The maximum Gasteiger partial charge on any atom is 0.251 e. The molecular weight excluding hydrogens is 292 g/mol. The average Bonchev–Trinajstić information content (AvgIpc) is 2.50. The van der Waals surface area contributed by atoms with Gasteiger partial charge in [0.1, 0.15) is 17.2 Å². The number of halogens is 2. The van der Waals surface area contributed by atoms with Gasteiger partial charge in [0.25, 0.3) is 5.91 Å². The highest BCUT2D eigenvalue weighted by Gasteiger charge is 2.39. The summed E-state index contributed by atoms with van der Waals surface area (Å²) in [5.41, 5.74) is -1.14. The lowest BCUT2D eigenvalue weighted by atomic mass is 9.82. The Kier molecular flexibility index (Phi) is 5.47. The molecule has 1 aliphatic rings. The Morgan fingerprint density at radius 2 is 2.09 bits per heavy atom. The molecule has 0 aliphatic carbocycles. The van der Waals surface area contributed by atoms with E-state index < -0.39 is 23.1 Å². The standard InChI is InChI=1S/C16H21F2NO3/c1-16(21,12-5-8-22-9-6-12)15(20)19-7-4-11-2-3-13(17)10-14(11)18/h2-3,10,12,21H,4-9H2,1H3,(H,19,20). The van der Waals surface area contributed by atoms with Crippen LogP contribution in [0.3, 0.4) is 0 Å². The predicted molar refractivity (Wildman–Crippen MR) is 77.2 cm³/mol. The molecule has 4 nitrogen and oxygen atoms in total. The molecule has 1 unspecified atom stereocenters. The van der Waals surface area contributed by atoms with Crippen molar-refractivity contribution in [1.82, 2.24) is 5.32 Å². The van der Waals surface area contributed by atoms with Crippen LogP contribution in [0.1, 0.15) is 25.3 Å². The second kappa shape index (κ2) is 7.15. The summed E-state index contributed by atoms with van der Waals surface area (Å²) in [4.78, 5) is 12.1. The van der Waals surface area contributed by atoms with E-state index in [0.717, 1.165) is 6.07 Å². The monoisotopic (exact) mass is 313 g/mol. The Hall–Kier alpha value is -1.53. The average molecular weight is 313 g/mol. The molecule has 1 aromatic carbocycles. The fourth-order valence-corrected chi connectivity index (χ4v) is 2.66. The summed E-state index contributed by atoms with van der Waals surface area (Å²) in [6.45, 7) is 2.75. The van der Waals surface area contributed by atoms with Gasteiger partial charge in [-0.2, -0.15) is 0 Å². The Bertz CT molecular complexity index is 528. The Morgan fingerprint density at radius 1 is 1.41 bits per heavy atom. The lowest BCUT2D eigenvalue weighted by molar-refractivity contribution is -0.147. The topological polar surface area (TPSA) is 58.6 Å². The van der Waals surface area contributed by atoms with Crippen molar-refractivity contribution >= 4 is 5.91 Å². The summed E-state index contributed by atoms with van der Waals surface area (Å²) in [6.07, 6.45) is 1.50. The predicted octanol–water partition coefficient (Wildman–Crippen LogP) is 1.80. The quantitative estimate of drug-likeness (QED) is 0.871. The summed E-state index contributed by atoms with van der Waals surface area (Å²) >= 11 is 0. The number of amides is 1. The van der Waals surface area contributed by atoms with Crippen LogP contribution in [0.5, 0.6) is 0 Å². The van der Waals surface area contributed by atoms with Gasteiger partial charge >= 0.3 is 0 Å². The molecule has 22 heavy (non-hydrogen) atoms. The first-order chi connectivity index (χ1) is 10.4. The molecule has 1 aliphatic heterocycles. The van der Waals surface area contributed by atoms with E-state index in [1.807, 2.05) is 0 Å². The van der Waals surface area contributed by atoms with Gasteiger partial charge in [0.15, 0.2) is 0 Å². The zero-order chi connectivity index (χ0) is 16.2. The normalized spacial score (nSPS) is 18.7. The van der Waals surface area contributed by atoms with Crippen LogP contribution in [0.2, 0.25) is 0 Å². The van der Waals surface area contributed by atoms with Crippen LogP contribution in [0.25, 0.3) is 0 Å². The van der Waals surface area contributed by atoms with E-state index in [-0.39, 0.29) is 18.9 Å². The van der Waals surface area contributed by atoms with Crippen molar-refractivity contribution in [2.24, 2.45) is 5.92 Å². The molecular formula is C16H21F2NO3. The number of aliphatic hydroxyl groups is 1. The number of nitrogens with one attached hydrogen (secondary N) is 1. The van der Waals surface area contributed by atoms with Crippen LogP contribution < -0.4 is 5.32 Å². The molecule has 0 spiro atoms. The van der Waals surface area contributed by atoms with Crippen LogP contribution >= 0.6 is 0 Å². The molecule has 6 heteroatoms. The second-order valence-electron chi connectivity index (χ2n) is 5.78. The third-order valence-electron chi connectivity index (χ3n) is 4.17. The van der Waals surface area contributed by atoms with E-state index in [4.69, 9.17) is 4.74 Å². The number of carbonyl (C=O) groups is 1. The first-order valence-electron chi connectivity index (χ1n) is 7.43. The van der Waals surface area contributed by atoms with E-state index in [1.54, 1.807) is 0 Å². The highest BCUT2D eigenvalue weighted by atomic mass is 19.1. The van der Waals surface area contributed by atoms with E-state index >= 15 is 0 Å². The minimum absolute atomic E-state index is 0.149. The van der Waals surface area contributed by atoms with Gasteiger partial charge in [-0.15, -0.1) is 0 Å². The Balaban J connectivity index is 1.86. The van der Waals surface area contributed by atoms with Gasteiger partial charge in [-0.3, -0.25) is 4.79 Å². The van der Waals surface area contributed by atoms with Gasteiger partial charge in [0, 0.05) is 31.7 Å². The summed E-state index contributed by atoms with van der Waals surface area (Å²) in [5.74, 6) is -1.89. The van der Waals surface area contributed by atoms with Gasteiger partial charge in [0.05, 0.1) is 0 Å². The zero-order valence-corrected chi connectivity index (χ0v) is 12.6. The molecule has 1 amide bonds. The van der Waals surface area contributed by atoms with Gasteiger partial charge < -0.3 is 15.2 Å². The van der Waals surface area contributed by atoms with Crippen LogP contribution in [-0.2, 0) is 16.0 Å². The lowest BCUT2D eigenvalue weighted by Crippen LogP contribution is -2.51. The molecule has 0 saturated carbocycles. The number of ether oxygens (including phenoxy) is 1. The van der Waals surface area contributed by atoms with E-state index in [1.165, 1.54) is 19.1 Å². The third kappa shape index (κ3) is 4.01. The number of carbonyl (C=O) groups excluding carboxylic acids is 1. The SMILES string of the molecule is CC(O)(C(=O)NCCc1ccc(F)cc1F)C1CCOCC1. The molecule has 1 atom stereocenters. The van der Waals surface area contributed by atoms with Crippen LogP contribution in [-0.4, -0.2) is 36.4 Å². The smallest absolute Gasteiger partial charge is 0.251 e. The van der Waals surface area contributed by atoms with Crippen molar-refractivity contribution in [2.45, 2.75) is 31.8 Å². The molecule has 1 heterocycles. The molecule has 1 aromatic rings. The van der Waals surface area contributed by atoms with Gasteiger partial charge in [0.2, 0.25) is 0 Å². The van der Waals surface area contributed by atoms with Crippen molar-refractivity contribution in [3.63, 3.8) is 0 Å². The molecule has 2 N–H and O–H groups in total. The first-order valence-corrected chi connectivity index (χ1v) is 7.43. The molecule has 0 radical (unpaired) electrons. The van der Waals surface area contributed by atoms with E-state index in [2.05, 4.69) is 5.32 Å². The minimum atomic E-state index is -1.47. The van der Waals surface area contributed by atoms with Gasteiger partial charge in [-0.1, -0.05) is 6.07 Å². The van der Waals surface area contributed by atoms with Crippen LogP contribution in [0, 0.1) is 17.6 Å². The van der Waals surface area contributed by atoms with Gasteiger partial charge in [-0.05, 0) is 37.8 Å². The fraction of sp³-hybridized carbons (Fsp3) is 0.562. The van der Waals surface area contributed by atoms with Crippen molar-refractivity contribution in [3.05, 3.63) is 35.4 Å². The van der Waals surface area contributed by atoms with Crippen molar-refractivity contribution in [2.75, 3.05) is 19.8 Å². The number of hydrogen-bond donors (Lipinski definition) is 2. The summed E-state index contributed by atoms with van der Waals surface area (Å²) in [6, 6.07) is 3.35. The largest absolute Gasteiger partial charge is 0.381 e. The van der Waals surface area contributed by atoms with Gasteiger partial charge in [-0.25, -0.2) is 8.78 Å². The number of rotatable bonds is 5. The maximum atomic E-state index is 13.5. The number of benzene rings is 1. The summed E-state index contributed by atoms with van der Waals surface area (Å²) in [5, 5.41) is 13.0. The lowest BCUT2D eigenvalue weighted by Gasteiger charge is -2.34. The second-order valence-corrected chi connectivity index (χ2v) is 5.78. The summed E-state index contributed by atoms with van der Waals surface area (Å²) < 4.78 is 31.5. The van der Waals surface area contributed by atoms with E-state index in [9.17, 15) is 18.7 Å².